The zero-order chi connectivity index (χ0) is 16.1. The number of halogens is 1. The molecule has 0 aromatic heterocycles. The standard InChI is InChI=1S/C16H22ClN3O2/c1-3-18-8-10-19(11-9-18)16(22)12-20(13(2)21)15-7-5-4-6-14(15)17/h4-7H,3,8-12H2,1-2H3. The van der Waals surface area contributed by atoms with Gasteiger partial charge in [0.05, 0.1) is 10.7 Å². The van der Waals surface area contributed by atoms with E-state index in [9.17, 15) is 9.59 Å². The molecule has 2 amide bonds. The minimum Gasteiger partial charge on any atom is -0.339 e. The average Bonchev–Trinajstić information content (AvgIpc) is 2.53. The fourth-order valence-electron chi connectivity index (χ4n) is 2.59. The first-order chi connectivity index (χ1) is 10.5. The molecule has 1 aromatic carbocycles. The third-order valence-corrected chi connectivity index (χ3v) is 4.31. The molecule has 1 aliphatic rings. The lowest BCUT2D eigenvalue weighted by Gasteiger charge is -2.35. The number of carbonyl (C=O) groups is 2. The number of para-hydroxylation sites is 1. The zero-order valence-electron chi connectivity index (χ0n) is 13.1. The van der Waals surface area contributed by atoms with Crippen molar-refractivity contribution in [1.29, 1.82) is 0 Å². The maximum atomic E-state index is 12.5. The summed E-state index contributed by atoms with van der Waals surface area (Å²) in [5.41, 5.74) is 0.581. The predicted octanol–water partition coefficient (Wildman–Crippen LogP) is 1.86. The molecule has 5 nitrogen and oxygen atoms in total. The SMILES string of the molecule is CCN1CCN(C(=O)CN(C(C)=O)c2ccccc2Cl)CC1. The minimum atomic E-state index is -0.186. The van der Waals surface area contributed by atoms with Gasteiger partial charge in [-0.25, -0.2) is 0 Å². The van der Waals surface area contributed by atoms with Crippen LogP contribution in [0.1, 0.15) is 13.8 Å². The fraction of sp³-hybridized carbons (Fsp3) is 0.500. The van der Waals surface area contributed by atoms with Crippen molar-refractivity contribution in [2.24, 2.45) is 0 Å². The molecule has 0 aliphatic carbocycles. The number of likely N-dealkylation sites (N-methyl/N-ethyl adjacent to an activating group) is 1. The number of hydrogen-bond donors (Lipinski definition) is 0. The normalized spacial score (nSPS) is 15.7. The van der Waals surface area contributed by atoms with Gasteiger partial charge >= 0.3 is 0 Å². The van der Waals surface area contributed by atoms with E-state index in [4.69, 9.17) is 11.6 Å². The second-order valence-electron chi connectivity index (χ2n) is 5.37. The van der Waals surface area contributed by atoms with E-state index < -0.39 is 0 Å². The summed E-state index contributed by atoms with van der Waals surface area (Å²) in [4.78, 5) is 29.9. The molecule has 0 saturated carbocycles. The Labute approximate surface area is 136 Å². The van der Waals surface area contributed by atoms with Crippen molar-refractivity contribution in [3.63, 3.8) is 0 Å². The van der Waals surface area contributed by atoms with Crippen LogP contribution in [0.2, 0.25) is 5.02 Å². The minimum absolute atomic E-state index is 0.0329. The monoisotopic (exact) mass is 323 g/mol. The topological polar surface area (TPSA) is 43.9 Å². The van der Waals surface area contributed by atoms with E-state index >= 15 is 0 Å². The highest BCUT2D eigenvalue weighted by Crippen LogP contribution is 2.25. The quantitative estimate of drug-likeness (QED) is 0.849. The van der Waals surface area contributed by atoms with Crippen molar-refractivity contribution < 1.29 is 9.59 Å². The van der Waals surface area contributed by atoms with E-state index in [1.165, 1.54) is 11.8 Å². The Bertz CT molecular complexity index is 542. The van der Waals surface area contributed by atoms with Crippen LogP contribution < -0.4 is 4.90 Å². The lowest BCUT2D eigenvalue weighted by Crippen LogP contribution is -2.51. The fourth-order valence-corrected chi connectivity index (χ4v) is 2.82. The number of carbonyl (C=O) groups excluding carboxylic acids is 2. The second kappa shape index (κ2) is 7.61. The molecule has 1 heterocycles. The van der Waals surface area contributed by atoms with Crippen molar-refractivity contribution in [3.05, 3.63) is 29.3 Å². The maximum absolute atomic E-state index is 12.5. The Hall–Kier alpha value is -1.59. The number of anilines is 1. The molecule has 0 spiro atoms. The Morgan fingerprint density at radius 1 is 1.18 bits per heavy atom. The Kier molecular flexibility index (Phi) is 5.80. The van der Waals surface area contributed by atoms with E-state index in [0.29, 0.717) is 23.8 Å². The number of hydrogen-bond acceptors (Lipinski definition) is 3. The van der Waals surface area contributed by atoms with Crippen molar-refractivity contribution in [2.75, 3.05) is 44.2 Å². The largest absolute Gasteiger partial charge is 0.339 e. The van der Waals surface area contributed by atoms with Gasteiger partial charge in [0, 0.05) is 33.1 Å². The number of rotatable bonds is 4. The molecule has 1 saturated heterocycles. The molecule has 22 heavy (non-hydrogen) atoms. The Morgan fingerprint density at radius 3 is 2.36 bits per heavy atom. The average molecular weight is 324 g/mol. The van der Waals surface area contributed by atoms with Gasteiger partial charge in [0.1, 0.15) is 6.54 Å². The van der Waals surface area contributed by atoms with Crippen LogP contribution in [-0.4, -0.2) is 60.9 Å². The van der Waals surface area contributed by atoms with Gasteiger partial charge in [-0.2, -0.15) is 0 Å². The number of amides is 2. The van der Waals surface area contributed by atoms with Crippen molar-refractivity contribution >= 4 is 29.1 Å². The summed E-state index contributed by atoms with van der Waals surface area (Å²) in [6, 6.07) is 7.08. The molecule has 1 aromatic rings. The van der Waals surface area contributed by atoms with E-state index in [1.807, 2.05) is 11.0 Å². The third kappa shape index (κ3) is 3.99. The van der Waals surface area contributed by atoms with Crippen molar-refractivity contribution in [2.45, 2.75) is 13.8 Å². The van der Waals surface area contributed by atoms with Crippen LogP contribution >= 0.6 is 11.6 Å². The van der Waals surface area contributed by atoms with Gasteiger partial charge in [-0.1, -0.05) is 30.7 Å². The van der Waals surface area contributed by atoms with Crippen LogP contribution in [0.4, 0.5) is 5.69 Å². The molecule has 0 unspecified atom stereocenters. The summed E-state index contributed by atoms with van der Waals surface area (Å²) in [5, 5.41) is 0.473. The molecule has 1 aliphatic heterocycles. The smallest absolute Gasteiger partial charge is 0.242 e. The summed E-state index contributed by atoms with van der Waals surface area (Å²) in [6.45, 7) is 7.79. The van der Waals surface area contributed by atoms with Crippen LogP contribution in [0.25, 0.3) is 0 Å². The van der Waals surface area contributed by atoms with Gasteiger partial charge in [0.15, 0.2) is 0 Å². The first-order valence-corrected chi connectivity index (χ1v) is 7.93. The highest BCUT2D eigenvalue weighted by molar-refractivity contribution is 6.33. The predicted molar refractivity (Wildman–Crippen MR) is 88.2 cm³/mol. The second-order valence-corrected chi connectivity index (χ2v) is 5.78. The van der Waals surface area contributed by atoms with Crippen LogP contribution in [0.5, 0.6) is 0 Å². The summed E-state index contributed by atoms with van der Waals surface area (Å²) in [6.07, 6.45) is 0. The lowest BCUT2D eigenvalue weighted by atomic mass is 10.2. The van der Waals surface area contributed by atoms with Gasteiger partial charge in [-0.05, 0) is 18.7 Å². The third-order valence-electron chi connectivity index (χ3n) is 3.99. The highest BCUT2D eigenvalue weighted by Gasteiger charge is 2.24. The molecule has 0 bridgehead atoms. The Morgan fingerprint density at radius 2 is 1.82 bits per heavy atom. The van der Waals surface area contributed by atoms with Crippen molar-refractivity contribution in [3.8, 4) is 0 Å². The van der Waals surface area contributed by atoms with Crippen LogP contribution in [0.3, 0.4) is 0 Å². The first kappa shape index (κ1) is 16.8. The van der Waals surface area contributed by atoms with E-state index in [0.717, 1.165) is 19.6 Å². The molecular weight excluding hydrogens is 302 g/mol. The van der Waals surface area contributed by atoms with Crippen molar-refractivity contribution in [1.82, 2.24) is 9.80 Å². The highest BCUT2D eigenvalue weighted by atomic mass is 35.5. The molecule has 0 radical (unpaired) electrons. The number of piperazine rings is 1. The van der Waals surface area contributed by atoms with E-state index in [2.05, 4.69) is 11.8 Å². The van der Waals surface area contributed by atoms with E-state index in [1.54, 1.807) is 18.2 Å². The van der Waals surface area contributed by atoms with Gasteiger partial charge in [0.2, 0.25) is 11.8 Å². The summed E-state index contributed by atoms with van der Waals surface area (Å²) < 4.78 is 0. The first-order valence-electron chi connectivity index (χ1n) is 7.55. The molecule has 120 valence electrons. The van der Waals surface area contributed by atoms with E-state index in [-0.39, 0.29) is 18.4 Å². The molecule has 0 N–H and O–H groups in total. The van der Waals surface area contributed by atoms with Crippen LogP contribution in [0, 0.1) is 0 Å². The molecular formula is C16H22ClN3O2. The zero-order valence-corrected chi connectivity index (χ0v) is 13.8. The van der Waals surface area contributed by atoms with Gasteiger partial charge < -0.3 is 14.7 Å². The molecule has 6 heteroatoms. The summed E-state index contributed by atoms with van der Waals surface area (Å²) >= 11 is 6.14. The number of benzene rings is 1. The molecule has 2 rings (SSSR count). The maximum Gasteiger partial charge on any atom is 0.242 e. The van der Waals surface area contributed by atoms with Gasteiger partial charge in [-0.15, -0.1) is 0 Å². The van der Waals surface area contributed by atoms with Crippen LogP contribution in [-0.2, 0) is 9.59 Å². The summed E-state index contributed by atoms with van der Waals surface area (Å²) in [5.74, 6) is -0.223. The van der Waals surface area contributed by atoms with Gasteiger partial charge in [0.25, 0.3) is 0 Å². The van der Waals surface area contributed by atoms with Crippen LogP contribution in [0.15, 0.2) is 24.3 Å². The molecule has 0 atom stereocenters. The summed E-state index contributed by atoms with van der Waals surface area (Å²) in [7, 11) is 0. The van der Waals surface area contributed by atoms with Gasteiger partial charge in [-0.3, -0.25) is 9.59 Å². The number of nitrogens with zero attached hydrogens (tertiary/aromatic N) is 3. The lowest BCUT2D eigenvalue weighted by molar-refractivity contribution is -0.132. The molecule has 1 fully saturated rings. The Balaban J connectivity index is 2.04.